The van der Waals surface area contributed by atoms with Crippen molar-refractivity contribution >= 4 is 0 Å². The highest BCUT2D eigenvalue weighted by molar-refractivity contribution is 5.20. The number of hydrogen-bond acceptors (Lipinski definition) is 3. The molecule has 88 valence electrons. The first kappa shape index (κ1) is 11.4. The molecule has 3 heteroatoms. The predicted molar refractivity (Wildman–Crippen MR) is 65.2 cm³/mol. The number of ether oxygens (including phenoxy) is 1. The molecule has 16 heavy (non-hydrogen) atoms. The van der Waals surface area contributed by atoms with Gasteiger partial charge in [-0.05, 0) is 38.3 Å². The van der Waals surface area contributed by atoms with Crippen LogP contribution in [0.25, 0.3) is 0 Å². The molecule has 0 amide bonds. The average Bonchev–Trinajstić information content (AvgIpc) is 2.62. The third-order valence-electron chi connectivity index (χ3n) is 3.29. The molecule has 1 aromatic carbocycles. The minimum atomic E-state index is 0.523. The molecular weight excluding hydrogens is 200 g/mol. The molecule has 0 aliphatic carbocycles. The van der Waals surface area contributed by atoms with Crippen LogP contribution in [0.4, 0.5) is 0 Å². The zero-order valence-corrected chi connectivity index (χ0v) is 9.94. The van der Waals surface area contributed by atoms with Crippen LogP contribution in [0.2, 0.25) is 0 Å². The van der Waals surface area contributed by atoms with Gasteiger partial charge in [-0.1, -0.05) is 18.2 Å². The fourth-order valence-corrected chi connectivity index (χ4v) is 2.24. The first-order chi connectivity index (χ1) is 7.77. The van der Waals surface area contributed by atoms with Crippen molar-refractivity contribution in [1.29, 1.82) is 0 Å². The Labute approximate surface area is 97.2 Å². The van der Waals surface area contributed by atoms with Crippen molar-refractivity contribution in [2.75, 3.05) is 6.61 Å². The zero-order chi connectivity index (χ0) is 11.4. The lowest BCUT2D eigenvalue weighted by atomic mass is 9.94. The number of hydrogen-bond donors (Lipinski definition) is 2. The number of nitrogens with one attached hydrogen (secondary N) is 2. The minimum Gasteiger partial charge on any atom is -0.494 e. The molecule has 1 saturated heterocycles. The topological polar surface area (TPSA) is 33.3 Å². The summed E-state index contributed by atoms with van der Waals surface area (Å²) in [6, 6.07) is 11.0. The van der Waals surface area contributed by atoms with Crippen molar-refractivity contribution in [3.05, 3.63) is 30.3 Å². The van der Waals surface area contributed by atoms with Crippen LogP contribution in [0.1, 0.15) is 20.3 Å². The van der Waals surface area contributed by atoms with E-state index >= 15 is 0 Å². The Morgan fingerprint density at radius 1 is 1.06 bits per heavy atom. The molecule has 2 N–H and O–H groups in total. The molecule has 0 aromatic heterocycles. The Kier molecular flexibility index (Phi) is 3.80. The molecule has 1 aromatic rings. The van der Waals surface area contributed by atoms with Crippen LogP contribution in [0.3, 0.4) is 0 Å². The van der Waals surface area contributed by atoms with Gasteiger partial charge in [-0.25, -0.2) is 0 Å². The number of rotatable bonds is 4. The Morgan fingerprint density at radius 2 is 1.69 bits per heavy atom. The van der Waals surface area contributed by atoms with E-state index in [2.05, 4.69) is 24.7 Å². The van der Waals surface area contributed by atoms with E-state index in [9.17, 15) is 0 Å². The molecule has 3 nitrogen and oxygen atoms in total. The fraction of sp³-hybridized carbons (Fsp3) is 0.538. The molecule has 2 unspecified atom stereocenters. The molecule has 1 aliphatic rings. The normalized spacial score (nSPS) is 29.2. The van der Waals surface area contributed by atoms with E-state index in [4.69, 9.17) is 4.74 Å². The van der Waals surface area contributed by atoms with E-state index in [1.54, 1.807) is 0 Å². The van der Waals surface area contributed by atoms with Crippen molar-refractivity contribution in [2.24, 2.45) is 5.92 Å². The lowest BCUT2D eigenvalue weighted by Crippen LogP contribution is -2.30. The van der Waals surface area contributed by atoms with Crippen molar-refractivity contribution in [3.8, 4) is 5.75 Å². The number of hydrazine groups is 1. The first-order valence-electron chi connectivity index (χ1n) is 5.96. The van der Waals surface area contributed by atoms with Gasteiger partial charge in [-0.3, -0.25) is 10.9 Å². The number of benzene rings is 1. The standard InChI is InChI=1S/C13H20N2O/c1-10-13(11(2)15-14-10)8-9-16-12-6-4-3-5-7-12/h3-7,10-11,13-15H,8-9H2,1-2H3. The largest absolute Gasteiger partial charge is 0.494 e. The Bertz CT molecular complexity index is 305. The van der Waals surface area contributed by atoms with Crippen molar-refractivity contribution < 1.29 is 4.74 Å². The van der Waals surface area contributed by atoms with E-state index in [0.29, 0.717) is 18.0 Å². The van der Waals surface area contributed by atoms with E-state index < -0.39 is 0 Å². The second-order valence-corrected chi connectivity index (χ2v) is 4.48. The quantitative estimate of drug-likeness (QED) is 0.813. The van der Waals surface area contributed by atoms with Gasteiger partial charge in [-0.2, -0.15) is 0 Å². The Hall–Kier alpha value is -1.06. The maximum atomic E-state index is 5.71. The van der Waals surface area contributed by atoms with Gasteiger partial charge < -0.3 is 4.74 Å². The van der Waals surface area contributed by atoms with Gasteiger partial charge in [-0.15, -0.1) is 0 Å². The maximum Gasteiger partial charge on any atom is 0.119 e. The van der Waals surface area contributed by atoms with Gasteiger partial charge in [0.1, 0.15) is 5.75 Å². The van der Waals surface area contributed by atoms with E-state index in [1.807, 2.05) is 30.3 Å². The molecule has 0 saturated carbocycles. The van der Waals surface area contributed by atoms with Crippen LogP contribution >= 0.6 is 0 Å². The first-order valence-corrected chi connectivity index (χ1v) is 5.96. The second-order valence-electron chi connectivity index (χ2n) is 4.48. The summed E-state index contributed by atoms with van der Waals surface area (Å²) in [5, 5.41) is 0. The van der Waals surface area contributed by atoms with E-state index in [1.165, 1.54) is 0 Å². The lowest BCUT2D eigenvalue weighted by molar-refractivity contribution is 0.263. The highest BCUT2D eigenvalue weighted by Crippen LogP contribution is 2.19. The van der Waals surface area contributed by atoms with Crippen molar-refractivity contribution in [2.45, 2.75) is 32.4 Å². The monoisotopic (exact) mass is 220 g/mol. The maximum absolute atomic E-state index is 5.71. The van der Waals surface area contributed by atoms with Crippen LogP contribution in [-0.2, 0) is 0 Å². The molecule has 2 rings (SSSR count). The SMILES string of the molecule is CC1NNC(C)C1CCOc1ccccc1. The highest BCUT2D eigenvalue weighted by atomic mass is 16.5. The van der Waals surface area contributed by atoms with Crippen molar-refractivity contribution in [3.63, 3.8) is 0 Å². The summed E-state index contributed by atoms with van der Waals surface area (Å²) in [6.07, 6.45) is 1.08. The summed E-state index contributed by atoms with van der Waals surface area (Å²) < 4.78 is 5.71. The van der Waals surface area contributed by atoms with Gasteiger partial charge in [0, 0.05) is 12.1 Å². The summed E-state index contributed by atoms with van der Waals surface area (Å²) in [4.78, 5) is 0. The summed E-state index contributed by atoms with van der Waals surface area (Å²) >= 11 is 0. The van der Waals surface area contributed by atoms with Crippen LogP contribution in [0.15, 0.2) is 30.3 Å². The molecule has 1 fully saturated rings. The summed E-state index contributed by atoms with van der Waals surface area (Å²) in [5.41, 5.74) is 6.52. The molecule has 2 atom stereocenters. The van der Waals surface area contributed by atoms with Crippen LogP contribution in [0, 0.1) is 5.92 Å². The van der Waals surface area contributed by atoms with Gasteiger partial charge in [0.25, 0.3) is 0 Å². The fourth-order valence-electron chi connectivity index (χ4n) is 2.24. The third kappa shape index (κ3) is 2.74. The minimum absolute atomic E-state index is 0.523. The van der Waals surface area contributed by atoms with Gasteiger partial charge in [0.15, 0.2) is 0 Å². The molecule has 1 heterocycles. The molecule has 0 radical (unpaired) electrons. The molecule has 1 aliphatic heterocycles. The van der Waals surface area contributed by atoms with E-state index in [0.717, 1.165) is 18.8 Å². The lowest BCUT2D eigenvalue weighted by Gasteiger charge is -2.17. The Balaban J connectivity index is 1.76. The number of para-hydroxylation sites is 1. The van der Waals surface area contributed by atoms with Gasteiger partial charge in [0.2, 0.25) is 0 Å². The third-order valence-corrected chi connectivity index (χ3v) is 3.29. The zero-order valence-electron chi connectivity index (χ0n) is 9.94. The summed E-state index contributed by atoms with van der Waals surface area (Å²) in [6.45, 7) is 5.21. The average molecular weight is 220 g/mol. The summed E-state index contributed by atoms with van der Waals surface area (Å²) in [7, 11) is 0. The van der Waals surface area contributed by atoms with Gasteiger partial charge in [0.05, 0.1) is 6.61 Å². The smallest absolute Gasteiger partial charge is 0.119 e. The molecular formula is C13H20N2O. The Morgan fingerprint density at radius 3 is 2.31 bits per heavy atom. The van der Waals surface area contributed by atoms with Crippen molar-refractivity contribution in [1.82, 2.24) is 10.9 Å². The summed E-state index contributed by atoms with van der Waals surface area (Å²) in [5.74, 6) is 1.60. The second kappa shape index (κ2) is 5.32. The van der Waals surface area contributed by atoms with Crippen LogP contribution < -0.4 is 15.6 Å². The van der Waals surface area contributed by atoms with Crippen LogP contribution in [-0.4, -0.2) is 18.7 Å². The van der Waals surface area contributed by atoms with Crippen LogP contribution in [0.5, 0.6) is 5.75 Å². The highest BCUT2D eigenvalue weighted by Gasteiger charge is 2.29. The van der Waals surface area contributed by atoms with Gasteiger partial charge >= 0.3 is 0 Å². The van der Waals surface area contributed by atoms with E-state index in [-0.39, 0.29) is 0 Å². The predicted octanol–water partition coefficient (Wildman–Crippen LogP) is 1.96. The molecule has 0 bridgehead atoms. The molecule has 0 spiro atoms.